The first-order valence-corrected chi connectivity index (χ1v) is 9.09. The normalized spacial score (nSPS) is 10.5. The average molecular weight is 395 g/mol. The van der Waals surface area contributed by atoms with Gasteiger partial charge in [0.1, 0.15) is 12.3 Å². The van der Waals surface area contributed by atoms with Crippen LogP contribution in [0.3, 0.4) is 0 Å². The van der Waals surface area contributed by atoms with Gasteiger partial charge < -0.3 is 10.1 Å². The molecule has 3 rings (SSSR count). The molecular weight excluding hydrogens is 374 g/mol. The van der Waals surface area contributed by atoms with E-state index in [1.54, 1.807) is 25.3 Å². The average Bonchev–Trinajstić information content (AvgIpc) is 2.74. The quantitative estimate of drug-likeness (QED) is 0.562. The molecule has 0 unspecified atom stereocenters. The number of rotatable bonds is 8. The van der Waals surface area contributed by atoms with Crippen molar-refractivity contribution in [2.75, 3.05) is 13.7 Å². The minimum Gasteiger partial charge on any atom is -0.496 e. The Morgan fingerprint density at radius 1 is 1.03 bits per heavy atom. The first-order chi connectivity index (χ1) is 14.1. The van der Waals surface area contributed by atoms with Crippen LogP contribution in [0, 0.1) is 0 Å². The maximum Gasteiger partial charge on any atom is 0.267 e. The summed E-state index contributed by atoms with van der Waals surface area (Å²) in [6.07, 6.45) is 2.07. The Balaban J connectivity index is 1.61. The fourth-order valence-corrected chi connectivity index (χ4v) is 2.77. The number of ether oxygens (including phenoxy) is 1. The van der Waals surface area contributed by atoms with Gasteiger partial charge in [-0.15, -0.1) is 0 Å². The number of aryl methyl sites for hydroxylation is 1. The van der Waals surface area contributed by atoms with E-state index in [1.807, 2.05) is 18.2 Å². The summed E-state index contributed by atoms with van der Waals surface area (Å²) in [5, 5.41) is 11.0. The van der Waals surface area contributed by atoms with Crippen LogP contribution in [0.5, 0.6) is 5.75 Å². The number of para-hydroxylation sites is 1. The topological polar surface area (TPSA) is 108 Å². The minimum absolute atomic E-state index is 0.192. The summed E-state index contributed by atoms with van der Waals surface area (Å²) in [6.45, 7) is 0.537. The van der Waals surface area contributed by atoms with Gasteiger partial charge in [0.2, 0.25) is 5.91 Å². The first-order valence-electron chi connectivity index (χ1n) is 9.09. The van der Waals surface area contributed by atoms with Gasteiger partial charge in [-0.1, -0.05) is 12.1 Å². The number of methoxy groups -OCH3 is 1. The molecule has 0 radical (unpaired) electrons. The third-order valence-corrected chi connectivity index (χ3v) is 4.20. The summed E-state index contributed by atoms with van der Waals surface area (Å²) < 4.78 is 7.77. The van der Waals surface area contributed by atoms with Crippen molar-refractivity contribution >= 4 is 5.91 Å². The predicted octanol–water partition coefficient (Wildman–Crippen LogP) is 0.682. The van der Waals surface area contributed by atoms with Crippen molar-refractivity contribution < 1.29 is 9.53 Å². The maximum absolute atomic E-state index is 12.2. The number of aromatic nitrogens is 4. The van der Waals surface area contributed by atoms with Crippen molar-refractivity contribution in [3.63, 3.8) is 0 Å². The standard InChI is InChI=1S/C20H21N5O4/c1-29-17-7-3-2-6-15(17)16-9-10-20(28)25(23-16)14-18(26)21-11-5-13-24-19(27)8-4-12-22-24/h2-4,6-10,12H,5,11,13-14H2,1H3,(H,21,26). The molecule has 0 spiro atoms. The molecule has 0 aliphatic carbocycles. The minimum atomic E-state index is -0.376. The molecule has 0 atom stereocenters. The van der Waals surface area contributed by atoms with E-state index in [-0.39, 0.29) is 23.6 Å². The Labute approximate surface area is 166 Å². The van der Waals surface area contributed by atoms with Gasteiger partial charge in [-0.05, 0) is 30.7 Å². The monoisotopic (exact) mass is 395 g/mol. The summed E-state index contributed by atoms with van der Waals surface area (Å²) in [5.74, 6) is 0.282. The number of benzene rings is 1. The van der Waals surface area contributed by atoms with E-state index in [0.29, 0.717) is 31.0 Å². The second-order valence-electron chi connectivity index (χ2n) is 6.20. The highest BCUT2D eigenvalue weighted by Gasteiger charge is 2.10. The molecule has 9 nitrogen and oxygen atoms in total. The zero-order chi connectivity index (χ0) is 20.6. The largest absolute Gasteiger partial charge is 0.496 e. The van der Waals surface area contributed by atoms with Gasteiger partial charge in [0.25, 0.3) is 11.1 Å². The van der Waals surface area contributed by atoms with Crippen molar-refractivity contribution in [2.24, 2.45) is 0 Å². The molecule has 0 saturated heterocycles. The van der Waals surface area contributed by atoms with E-state index >= 15 is 0 Å². The lowest BCUT2D eigenvalue weighted by atomic mass is 10.1. The summed E-state index contributed by atoms with van der Waals surface area (Å²) in [4.78, 5) is 35.9. The molecule has 1 N–H and O–H groups in total. The Morgan fingerprint density at radius 3 is 2.62 bits per heavy atom. The van der Waals surface area contributed by atoms with Gasteiger partial charge in [-0.2, -0.15) is 10.2 Å². The predicted molar refractivity (Wildman–Crippen MR) is 107 cm³/mol. The van der Waals surface area contributed by atoms with Crippen LogP contribution in [-0.4, -0.2) is 39.1 Å². The lowest BCUT2D eigenvalue weighted by molar-refractivity contribution is -0.121. The Hall–Kier alpha value is -3.75. The summed E-state index contributed by atoms with van der Waals surface area (Å²) in [7, 11) is 1.56. The van der Waals surface area contributed by atoms with Crippen molar-refractivity contribution in [1.82, 2.24) is 24.9 Å². The molecule has 2 heterocycles. The zero-order valence-electron chi connectivity index (χ0n) is 15.9. The van der Waals surface area contributed by atoms with Crippen LogP contribution in [0.1, 0.15) is 6.42 Å². The molecule has 0 saturated carbocycles. The van der Waals surface area contributed by atoms with E-state index in [0.717, 1.165) is 10.2 Å². The highest BCUT2D eigenvalue weighted by Crippen LogP contribution is 2.26. The SMILES string of the molecule is COc1ccccc1-c1ccc(=O)n(CC(=O)NCCCn2ncccc2=O)n1. The summed E-state index contributed by atoms with van der Waals surface area (Å²) >= 11 is 0. The lowest BCUT2D eigenvalue weighted by Crippen LogP contribution is -2.34. The van der Waals surface area contributed by atoms with Crippen molar-refractivity contribution in [2.45, 2.75) is 19.5 Å². The van der Waals surface area contributed by atoms with Crippen molar-refractivity contribution in [3.8, 4) is 17.0 Å². The number of amides is 1. The van der Waals surface area contributed by atoms with E-state index < -0.39 is 0 Å². The van der Waals surface area contributed by atoms with Crippen LogP contribution >= 0.6 is 0 Å². The van der Waals surface area contributed by atoms with E-state index in [1.165, 1.54) is 23.0 Å². The Morgan fingerprint density at radius 2 is 1.83 bits per heavy atom. The van der Waals surface area contributed by atoms with E-state index in [9.17, 15) is 14.4 Å². The molecule has 0 aliphatic heterocycles. The number of nitrogens with zero attached hydrogens (tertiary/aromatic N) is 4. The fourth-order valence-electron chi connectivity index (χ4n) is 2.77. The van der Waals surface area contributed by atoms with Crippen LogP contribution in [-0.2, 0) is 17.9 Å². The lowest BCUT2D eigenvalue weighted by Gasteiger charge is -2.10. The van der Waals surface area contributed by atoms with Crippen LogP contribution in [0.4, 0.5) is 0 Å². The van der Waals surface area contributed by atoms with Crippen LogP contribution in [0.15, 0.2) is 64.3 Å². The molecule has 150 valence electrons. The molecule has 2 aromatic heterocycles. The molecule has 1 aromatic carbocycles. The molecular formula is C20H21N5O4. The molecule has 29 heavy (non-hydrogen) atoms. The van der Waals surface area contributed by atoms with Gasteiger partial charge >= 0.3 is 0 Å². The number of carbonyl (C=O) groups excluding carboxylic acids is 1. The Kier molecular flexibility index (Phi) is 6.51. The molecule has 1 amide bonds. The second-order valence-corrected chi connectivity index (χ2v) is 6.20. The van der Waals surface area contributed by atoms with E-state index in [2.05, 4.69) is 15.5 Å². The van der Waals surface area contributed by atoms with Crippen LogP contribution < -0.4 is 21.2 Å². The van der Waals surface area contributed by atoms with Gasteiger partial charge in [-0.25, -0.2) is 9.36 Å². The highest BCUT2D eigenvalue weighted by molar-refractivity contribution is 5.75. The third-order valence-electron chi connectivity index (χ3n) is 4.20. The zero-order valence-corrected chi connectivity index (χ0v) is 15.9. The van der Waals surface area contributed by atoms with Gasteiger partial charge in [0.15, 0.2) is 0 Å². The Bertz CT molecular complexity index is 1110. The van der Waals surface area contributed by atoms with Crippen molar-refractivity contribution in [3.05, 3.63) is 75.4 Å². The number of hydrogen-bond acceptors (Lipinski definition) is 6. The maximum atomic E-state index is 12.2. The van der Waals surface area contributed by atoms with Gasteiger partial charge in [-0.3, -0.25) is 14.4 Å². The smallest absolute Gasteiger partial charge is 0.267 e. The third kappa shape index (κ3) is 5.16. The number of carbonyl (C=O) groups is 1. The first kappa shape index (κ1) is 20.0. The highest BCUT2D eigenvalue weighted by atomic mass is 16.5. The van der Waals surface area contributed by atoms with Gasteiger partial charge in [0, 0.05) is 37.0 Å². The molecule has 9 heteroatoms. The summed E-state index contributed by atoms with van der Waals surface area (Å²) in [6, 6.07) is 13.3. The molecule has 3 aromatic rings. The van der Waals surface area contributed by atoms with Crippen LogP contribution in [0.25, 0.3) is 11.3 Å². The van der Waals surface area contributed by atoms with Crippen molar-refractivity contribution in [1.29, 1.82) is 0 Å². The second kappa shape index (κ2) is 9.45. The van der Waals surface area contributed by atoms with Gasteiger partial charge in [0.05, 0.1) is 12.8 Å². The van der Waals surface area contributed by atoms with Crippen LogP contribution in [0.2, 0.25) is 0 Å². The van der Waals surface area contributed by atoms with E-state index in [4.69, 9.17) is 4.74 Å². The molecule has 0 bridgehead atoms. The molecule has 0 aliphatic rings. The number of nitrogens with one attached hydrogen (secondary N) is 1. The number of hydrogen-bond donors (Lipinski definition) is 1. The fraction of sp³-hybridized carbons (Fsp3) is 0.250. The molecule has 0 fully saturated rings. The summed E-state index contributed by atoms with van der Waals surface area (Å²) in [5.41, 5.74) is 0.691.